The van der Waals surface area contributed by atoms with E-state index in [-0.39, 0.29) is 0 Å². The fraction of sp³-hybridized carbons (Fsp3) is 0.167. The Morgan fingerprint density at radius 2 is 1.88 bits per heavy atom. The normalized spacial score (nSPS) is 11.0. The van der Waals surface area contributed by atoms with Gasteiger partial charge in [0.2, 0.25) is 5.88 Å². The Labute approximate surface area is 195 Å². The molecule has 5 aromatic rings. The molecule has 170 valence electrons. The van der Waals surface area contributed by atoms with E-state index in [2.05, 4.69) is 35.2 Å². The molecule has 0 amide bonds. The molecule has 0 aliphatic heterocycles. The first-order chi connectivity index (χ1) is 16.7. The monoisotopic (exact) mass is 453 g/mol. The van der Waals surface area contributed by atoms with E-state index in [0.29, 0.717) is 31.1 Å². The lowest BCUT2D eigenvalue weighted by molar-refractivity contribution is 0.315. The van der Waals surface area contributed by atoms with Crippen molar-refractivity contribution in [2.75, 3.05) is 18.5 Å². The first-order valence-corrected chi connectivity index (χ1v) is 10.8. The third kappa shape index (κ3) is 4.66. The highest BCUT2D eigenvalue weighted by Gasteiger charge is 2.16. The highest BCUT2D eigenvalue weighted by Crippen LogP contribution is 2.31. The number of anilines is 1. The van der Waals surface area contributed by atoms with Crippen molar-refractivity contribution in [3.63, 3.8) is 0 Å². The van der Waals surface area contributed by atoms with Gasteiger partial charge in [-0.05, 0) is 31.2 Å². The summed E-state index contributed by atoms with van der Waals surface area (Å²) in [6.45, 7) is 3.22. The van der Waals surface area contributed by atoms with Crippen molar-refractivity contribution in [3.8, 4) is 28.5 Å². The summed E-state index contributed by atoms with van der Waals surface area (Å²) < 4.78 is 5.55. The molecule has 4 N–H and O–H groups in total. The average Bonchev–Trinajstić information content (AvgIpc) is 3.31. The highest BCUT2D eigenvalue weighted by atomic mass is 16.5. The minimum atomic E-state index is 0.381. The van der Waals surface area contributed by atoms with E-state index in [0.717, 1.165) is 45.4 Å². The Balaban J connectivity index is 1.54. The maximum absolute atomic E-state index is 5.55. The number of nitrogens with one attached hydrogen (secondary N) is 2. The molecule has 0 bridgehead atoms. The van der Waals surface area contributed by atoms with Crippen molar-refractivity contribution < 1.29 is 4.74 Å². The zero-order valence-electron chi connectivity index (χ0n) is 18.6. The molecule has 1 aromatic carbocycles. The molecular weight excluding hydrogens is 430 g/mol. The lowest BCUT2D eigenvalue weighted by Gasteiger charge is -2.07. The molecule has 10 nitrogen and oxygen atoms in total. The molecule has 0 atom stereocenters. The van der Waals surface area contributed by atoms with E-state index in [1.54, 1.807) is 18.6 Å². The van der Waals surface area contributed by atoms with E-state index >= 15 is 0 Å². The smallest absolute Gasteiger partial charge is 0.232 e. The molecule has 0 radical (unpaired) electrons. The van der Waals surface area contributed by atoms with Crippen molar-refractivity contribution in [2.45, 2.75) is 13.5 Å². The lowest BCUT2D eigenvalue weighted by Crippen LogP contribution is -2.11. The molecule has 4 heterocycles. The molecule has 0 saturated heterocycles. The molecular formula is C24H23N9O. The number of H-pyrrole nitrogens is 1. The van der Waals surface area contributed by atoms with Gasteiger partial charge in [-0.15, -0.1) is 0 Å². The van der Waals surface area contributed by atoms with Crippen molar-refractivity contribution >= 4 is 16.7 Å². The maximum atomic E-state index is 5.55. The molecule has 0 aliphatic rings. The second-order valence-electron chi connectivity index (χ2n) is 7.60. The van der Waals surface area contributed by atoms with Crippen LogP contribution in [-0.4, -0.2) is 48.0 Å². The summed E-state index contributed by atoms with van der Waals surface area (Å²) in [5.41, 5.74) is 12.0. The summed E-state index contributed by atoms with van der Waals surface area (Å²) in [6, 6.07) is 11.8. The Bertz CT molecular complexity index is 1420. The number of fused-ring (bicyclic) bond motifs is 1. The molecule has 0 aliphatic carbocycles. The highest BCUT2D eigenvalue weighted by molar-refractivity contribution is 5.85. The number of nitrogens with zero attached hydrogens (tertiary/aromatic N) is 6. The van der Waals surface area contributed by atoms with Gasteiger partial charge in [0, 0.05) is 17.8 Å². The quantitative estimate of drug-likeness (QED) is 0.323. The van der Waals surface area contributed by atoms with Crippen LogP contribution in [-0.2, 0) is 6.54 Å². The molecule has 0 saturated carbocycles. The number of nitrogens with two attached hydrogens (primary N) is 1. The van der Waals surface area contributed by atoms with Crippen LogP contribution in [0.25, 0.3) is 33.7 Å². The van der Waals surface area contributed by atoms with Gasteiger partial charge in [0.25, 0.3) is 0 Å². The van der Waals surface area contributed by atoms with E-state index in [4.69, 9.17) is 15.5 Å². The van der Waals surface area contributed by atoms with Crippen LogP contribution in [0.1, 0.15) is 11.5 Å². The Hall–Kier alpha value is -4.44. The van der Waals surface area contributed by atoms with E-state index in [9.17, 15) is 0 Å². The molecule has 5 rings (SSSR count). The molecule has 34 heavy (non-hydrogen) atoms. The van der Waals surface area contributed by atoms with E-state index in [1.807, 2.05) is 43.3 Å². The third-order valence-electron chi connectivity index (χ3n) is 5.08. The van der Waals surface area contributed by atoms with Gasteiger partial charge >= 0.3 is 0 Å². The summed E-state index contributed by atoms with van der Waals surface area (Å²) in [4.78, 5) is 30.1. The Kier molecular flexibility index (Phi) is 6.04. The molecule has 10 heteroatoms. The van der Waals surface area contributed by atoms with Gasteiger partial charge in [0.05, 0.1) is 53.2 Å². The predicted octanol–water partition coefficient (Wildman–Crippen LogP) is 3.13. The summed E-state index contributed by atoms with van der Waals surface area (Å²) in [5, 5.41) is 3.28. The number of aryl methyl sites for hydroxylation is 1. The first-order valence-electron chi connectivity index (χ1n) is 10.8. The number of ether oxygens (including phenoxy) is 1. The lowest BCUT2D eigenvalue weighted by atomic mass is 10.1. The Morgan fingerprint density at radius 1 is 1.00 bits per heavy atom. The number of rotatable bonds is 8. The van der Waals surface area contributed by atoms with Crippen LogP contribution >= 0.6 is 0 Å². The standard InChI is InChI=1S/C24H23N9O/c1-15-3-2-4-19(30-15)24-23(32-21(33-24)12-28-17-10-26-14-27-11-17)16-5-6-18-20(9-16)31-22(13-29-18)34-8-7-25/h2-6,9-11,13-14,28H,7-8,12,25H2,1H3,(H,32,33). The molecule has 0 spiro atoms. The van der Waals surface area contributed by atoms with E-state index in [1.165, 1.54) is 6.33 Å². The van der Waals surface area contributed by atoms with Gasteiger partial charge in [-0.25, -0.2) is 24.9 Å². The molecule has 4 aromatic heterocycles. The second kappa shape index (κ2) is 9.59. The zero-order valence-corrected chi connectivity index (χ0v) is 18.6. The van der Waals surface area contributed by atoms with Crippen LogP contribution in [0.5, 0.6) is 5.88 Å². The van der Waals surface area contributed by atoms with E-state index < -0.39 is 0 Å². The number of hydrogen-bond donors (Lipinski definition) is 3. The summed E-state index contributed by atoms with van der Waals surface area (Å²) >= 11 is 0. The summed E-state index contributed by atoms with van der Waals surface area (Å²) in [6.07, 6.45) is 6.53. The zero-order chi connectivity index (χ0) is 23.3. The van der Waals surface area contributed by atoms with Gasteiger partial charge in [-0.2, -0.15) is 0 Å². The SMILES string of the molecule is Cc1cccc(-c2nc(CNc3cncnc3)[nH]c2-c2ccc3ncc(OCCN)nc3c2)n1. The van der Waals surface area contributed by atoms with Crippen LogP contribution in [0.2, 0.25) is 0 Å². The number of aromatic amines is 1. The predicted molar refractivity (Wildman–Crippen MR) is 129 cm³/mol. The van der Waals surface area contributed by atoms with Crippen molar-refractivity contribution in [3.05, 3.63) is 72.8 Å². The number of aromatic nitrogens is 7. The van der Waals surface area contributed by atoms with Crippen LogP contribution in [0.4, 0.5) is 5.69 Å². The van der Waals surface area contributed by atoms with Crippen LogP contribution < -0.4 is 15.8 Å². The minimum Gasteiger partial charge on any atom is -0.475 e. The molecule has 0 fully saturated rings. The van der Waals surface area contributed by atoms with Gasteiger partial charge in [0.15, 0.2) is 0 Å². The number of pyridine rings is 1. The fourth-order valence-electron chi connectivity index (χ4n) is 3.53. The van der Waals surface area contributed by atoms with Crippen LogP contribution in [0.15, 0.2) is 61.3 Å². The van der Waals surface area contributed by atoms with Gasteiger partial charge in [-0.1, -0.05) is 12.1 Å². The van der Waals surface area contributed by atoms with Crippen LogP contribution in [0.3, 0.4) is 0 Å². The number of hydrogen-bond acceptors (Lipinski definition) is 9. The summed E-state index contributed by atoms with van der Waals surface area (Å²) in [7, 11) is 0. The Morgan fingerprint density at radius 3 is 2.71 bits per heavy atom. The fourth-order valence-corrected chi connectivity index (χ4v) is 3.53. The molecule has 0 unspecified atom stereocenters. The second-order valence-corrected chi connectivity index (χ2v) is 7.60. The number of imidazole rings is 1. The van der Waals surface area contributed by atoms with Crippen molar-refractivity contribution in [2.24, 2.45) is 5.73 Å². The third-order valence-corrected chi connectivity index (χ3v) is 5.08. The largest absolute Gasteiger partial charge is 0.475 e. The average molecular weight is 454 g/mol. The van der Waals surface area contributed by atoms with Gasteiger partial charge in [-0.3, -0.25) is 4.98 Å². The van der Waals surface area contributed by atoms with Crippen LogP contribution in [0, 0.1) is 6.92 Å². The summed E-state index contributed by atoms with van der Waals surface area (Å²) in [5.74, 6) is 1.19. The van der Waals surface area contributed by atoms with Gasteiger partial charge in [0.1, 0.15) is 24.5 Å². The maximum Gasteiger partial charge on any atom is 0.232 e. The topological polar surface area (TPSA) is 140 Å². The first kappa shape index (κ1) is 21.4. The van der Waals surface area contributed by atoms with Crippen molar-refractivity contribution in [1.29, 1.82) is 0 Å². The number of benzene rings is 1. The van der Waals surface area contributed by atoms with Gasteiger partial charge < -0.3 is 20.8 Å². The minimum absolute atomic E-state index is 0.381. The van der Waals surface area contributed by atoms with Crippen molar-refractivity contribution in [1.82, 2.24) is 34.9 Å².